The summed E-state index contributed by atoms with van der Waals surface area (Å²) in [4.78, 5) is 45.1. The van der Waals surface area contributed by atoms with Crippen LogP contribution in [0.3, 0.4) is 0 Å². The minimum Gasteiger partial charge on any atom is -0.465 e. The normalized spacial score (nSPS) is 24.8. The Morgan fingerprint density at radius 1 is 1.17 bits per heavy atom. The molecule has 2 amide bonds. The van der Waals surface area contributed by atoms with Gasteiger partial charge in [0.25, 0.3) is 5.91 Å². The molecule has 3 atom stereocenters. The second-order valence-corrected chi connectivity index (χ2v) is 12.5. The Hall–Kier alpha value is -2.33. The summed E-state index contributed by atoms with van der Waals surface area (Å²) in [6, 6.07) is 0.0897. The van der Waals surface area contributed by atoms with Crippen LogP contribution in [-0.2, 0) is 27.2 Å². The van der Waals surface area contributed by atoms with Gasteiger partial charge in [-0.05, 0) is 49.5 Å². The molecule has 0 bridgehead atoms. The summed E-state index contributed by atoms with van der Waals surface area (Å²) in [5.74, 6) is -0.388. The van der Waals surface area contributed by atoms with E-state index in [2.05, 4.69) is 36.4 Å². The first-order chi connectivity index (χ1) is 17.2. The number of carbonyl (C=O) groups is 3. The number of fused-ring (bicyclic) bond motifs is 1. The Bertz CT molecular complexity index is 1110. The fraction of sp³-hybridized carbons (Fsp3) is 0.615. The number of thioether (sulfide) groups is 1. The number of amides is 2. The Morgan fingerprint density at radius 3 is 2.61 bits per heavy atom. The van der Waals surface area contributed by atoms with Crippen LogP contribution in [0.4, 0.5) is 5.00 Å². The Balaban J connectivity index is 1.59. The number of nitrogens with two attached hydrogens (primary N) is 1. The fourth-order valence-corrected chi connectivity index (χ4v) is 7.44. The van der Waals surface area contributed by atoms with Crippen molar-refractivity contribution in [2.75, 3.05) is 19.0 Å². The molecule has 1 aromatic heterocycles. The second-order valence-electron chi connectivity index (χ2n) is 10.3. The number of rotatable bonds is 7. The molecule has 4 N–H and O–H groups in total. The van der Waals surface area contributed by atoms with Crippen molar-refractivity contribution < 1.29 is 19.1 Å². The van der Waals surface area contributed by atoms with Crippen LogP contribution in [0.15, 0.2) is 16.3 Å². The lowest BCUT2D eigenvalue weighted by atomic mass is 9.86. The van der Waals surface area contributed by atoms with Gasteiger partial charge < -0.3 is 21.1 Å². The third-order valence-electron chi connectivity index (χ3n) is 7.06. The first-order valence-electron chi connectivity index (χ1n) is 12.8. The summed E-state index contributed by atoms with van der Waals surface area (Å²) in [6.07, 6.45) is 6.96. The highest BCUT2D eigenvalue weighted by atomic mass is 32.2. The molecular formula is C26H36N4O4S2. The van der Waals surface area contributed by atoms with E-state index in [1.165, 1.54) is 36.6 Å². The predicted molar refractivity (Wildman–Crippen MR) is 146 cm³/mol. The van der Waals surface area contributed by atoms with Crippen LogP contribution in [0.25, 0.3) is 0 Å². The second kappa shape index (κ2) is 11.4. The molecule has 2 aliphatic carbocycles. The van der Waals surface area contributed by atoms with Crippen molar-refractivity contribution in [2.24, 2.45) is 22.6 Å². The van der Waals surface area contributed by atoms with E-state index in [1.54, 1.807) is 0 Å². The number of aliphatic imine (C=N–C) groups is 1. The quantitative estimate of drug-likeness (QED) is 0.456. The van der Waals surface area contributed by atoms with E-state index in [1.807, 2.05) is 0 Å². The zero-order valence-electron chi connectivity index (χ0n) is 21.4. The van der Waals surface area contributed by atoms with Crippen molar-refractivity contribution in [1.29, 1.82) is 0 Å². The Labute approximate surface area is 220 Å². The van der Waals surface area contributed by atoms with Gasteiger partial charge in [-0.3, -0.25) is 14.6 Å². The van der Waals surface area contributed by atoms with Crippen molar-refractivity contribution in [3.63, 3.8) is 0 Å². The van der Waals surface area contributed by atoms with Gasteiger partial charge in [-0.2, -0.15) is 0 Å². The van der Waals surface area contributed by atoms with Gasteiger partial charge >= 0.3 is 5.97 Å². The smallest absolute Gasteiger partial charge is 0.341 e. The van der Waals surface area contributed by atoms with E-state index in [0.717, 1.165) is 49.0 Å². The molecule has 3 unspecified atom stereocenters. The van der Waals surface area contributed by atoms with Crippen molar-refractivity contribution in [2.45, 2.75) is 77.0 Å². The molecule has 1 fully saturated rings. The van der Waals surface area contributed by atoms with E-state index >= 15 is 0 Å². The number of nitrogens with zero attached hydrogens (tertiary/aromatic N) is 1. The van der Waals surface area contributed by atoms with Gasteiger partial charge in [0.15, 0.2) is 0 Å². The SMILES string of the molecule is COC(=O)c1c(NC(=O)C2SC(=NCC(C)C)C(C(=O)NC3CCCCC3C)=C2N)sc2c1CCC2. The maximum atomic E-state index is 13.4. The van der Waals surface area contributed by atoms with Gasteiger partial charge in [-0.25, -0.2) is 4.79 Å². The zero-order chi connectivity index (χ0) is 26.0. The standard InChI is InChI=1S/C26H36N4O4S2/c1-13(2)12-28-24-19(22(31)29-16-10-6-5-8-14(16)3)20(27)21(36-24)23(32)30-25-18(26(33)34-4)15-9-7-11-17(15)35-25/h13-14,16,21H,5-12,27H2,1-4H3,(H,29,31)(H,30,32). The van der Waals surface area contributed by atoms with E-state index in [-0.39, 0.29) is 23.6 Å². The van der Waals surface area contributed by atoms with Gasteiger partial charge in [-0.15, -0.1) is 11.3 Å². The maximum Gasteiger partial charge on any atom is 0.341 e. The van der Waals surface area contributed by atoms with Crippen molar-refractivity contribution in [3.8, 4) is 0 Å². The van der Waals surface area contributed by atoms with E-state index in [0.29, 0.717) is 39.6 Å². The van der Waals surface area contributed by atoms with Gasteiger partial charge in [0.05, 0.1) is 18.2 Å². The highest BCUT2D eigenvalue weighted by Gasteiger charge is 2.40. The third-order valence-corrected chi connectivity index (χ3v) is 9.52. The highest BCUT2D eigenvalue weighted by molar-refractivity contribution is 8.16. The number of methoxy groups -OCH3 is 1. The number of esters is 1. The van der Waals surface area contributed by atoms with Crippen LogP contribution in [-0.4, -0.2) is 47.8 Å². The third kappa shape index (κ3) is 5.49. The molecule has 4 rings (SSSR count). The summed E-state index contributed by atoms with van der Waals surface area (Å²) in [5, 5.41) is 6.27. The first-order valence-corrected chi connectivity index (χ1v) is 14.5. The number of carbonyl (C=O) groups excluding carboxylic acids is 3. The molecule has 10 heteroatoms. The van der Waals surface area contributed by atoms with Crippen LogP contribution in [0.2, 0.25) is 0 Å². The molecule has 0 spiro atoms. The molecule has 0 aromatic carbocycles. The van der Waals surface area contributed by atoms with E-state index in [4.69, 9.17) is 10.5 Å². The highest BCUT2D eigenvalue weighted by Crippen LogP contribution is 2.41. The zero-order valence-corrected chi connectivity index (χ0v) is 23.1. The van der Waals surface area contributed by atoms with Crippen LogP contribution in [0.5, 0.6) is 0 Å². The molecule has 0 radical (unpaired) electrons. The van der Waals surface area contributed by atoms with Crippen molar-refractivity contribution in [3.05, 3.63) is 27.3 Å². The number of aryl methyl sites for hydroxylation is 1. The van der Waals surface area contributed by atoms with Gasteiger partial charge in [0, 0.05) is 23.2 Å². The maximum absolute atomic E-state index is 13.4. The average Bonchev–Trinajstić information content (AvgIpc) is 3.51. The number of ether oxygens (including phenoxy) is 1. The minimum atomic E-state index is -0.803. The van der Waals surface area contributed by atoms with E-state index < -0.39 is 11.2 Å². The van der Waals surface area contributed by atoms with Crippen LogP contribution >= 0.6 is 23.1 Å². The number of anilines is 1. The molecule has 1 aromatic rings. The molecule has 8 nitrogen and oxygen atoms in total. The number of hydrogen-bond donors (Lipinski definition) is 3. The van der Waals surface area contributed by atoms with Crippen LogP contribution in [0, 0.1) is 11.8 Å². The van der Waals surface area contributed by atoms with Crippen LogP contribution < -0.4 is 16.4 Å². The molecular weight excluding hydrogens is 496 g/mol. The lowest BCUT2D eigenvalue weighted by Crippen LogP contribution is -2.42. The van der Waals surface area contributed by atoms with E-state index in [9.17, 15) is 14.4 Å². The van der Waals surface area contributed by atoms with Crippen molar-refractivity contribution in [1.82, 2.24) is 5.32 Å². The van der Waals surface area contributed by atoms with Gasteiger partial charge in [-0.1, -0.05) is 45.4 Å². The topological polar surface area (TPSA) is 123 Å². The summed E-state index contributed by atoms with van der Waals surface area (Å²) in [5.41, 5.74) is 8.40. The summed E-state index contributed by atoms with van der Waals surface area (Å²) in [7, 11) is 1.34. The summed E-state index contributed by atoms with van der Waals surface area (Å²) in [6.45, 7) is 6.79. The molecule has 1 aliphatic heterocycles. The molecule has 36 heavy (non-hydrogen) atoms. The summed E-state index contributed by atoms with van der Waals surface area (Å²) >= 11 is 2.62. The summed E-state index contributed by atoms with van der Waals surface area (Å²) < 4.78 is 4.99. The number of nitrogens with one attached hydrogen (secondary N) is 2. The molecule has 3 aliphatic rings. The first kappa shape index (κ1) is 26.7. The van der Waals surface area contributed by atoms with Crippen molar-refractivity contribution >= 4 is 50.9 Å². The Morgan fingerprint density at radius 2 is 1.92 bits per heavy atom. The van der Waals surface area contributed by atoms with Gasteiger partial charge in [0.2, 0.25) is 5.91 Å². The number of thiophene rings is 1. The monoisotopic (exact) mass is 532 g/mol. The predicted octanol–water partition coefficient (Wildman–Crippen LogP) is 4.04. The molecule has 0 saturated heterocycles. The Kier molecular flexibility index (Phi) is 8.44. The molecule has 1 saturated carbocycles. The molecule has 196 valence electrons. The van der Waals surface area contributed by atoms with Crippen LogP contribution in [0.1, 0.15) is 73.7 Å². The lowest BCUT2D eigenvalue weighted by Gasteiger charge is -2.29. The van der Waals surface area contributed by atoms with Gasteiger partial charge in [0.1, 0.15) is 15.3 Å². The number of hydrogen-bond acceptors (Lipinski definition) is 8. The lowest BCUT2D eigenvalue weighted by molar-refractivity contribution is -0.118. The molecule has 2 heterocycles. The fourth-order valence-electron chi connectivity index (χ4n) is 5.05. The average molecular weight is 533 g/mol. The minimum absolute atomic E-state index is 0.0897. The largest absolute Gasteiger partial charge is 0.465 e.